The highest BCUT2D eigenvalue weighted by Crippen LogP contribution is 2.26. The summed E-state index contributed by atoms with van der Waals surface area (Å²) in [6.07, 6.45) is 1.26. The third-order valence-electron chi connectivity index (χ3n) is 5.82. The number of nitrogens with one attached hydrogen (secondary N) is 1. The summed E-state index contributed by atoms with van der Waals surface area (Å²) in [7, 11) is 0. The zero-order valence-corrected chi connectivity index (χ0v) is 21.2. The molecule has 0 saturated carbocycles. The van der Waals surface area contributed by atoms with E-state index in [1.54, 1.807) is 23.1 Å². The molecule has 0 heterocycles. The molecular weight excluding hydrogens is 471 g/mol. The summed E-state index contributed by atoms with van der Waals surface area (Å²) in [4.78, 5) is 28.0. The molecular formula is C27H30Cl2N2O3. The quantitative estimate of drug-likeness (QED) is 0.358. The molecule has 0 spiro atoms. The van der Waals surface area contributed by atoms with Crippen LogP contribution in [0.4, 0.5) is 0 Å². The van der Waals surface area contributed by atoms with E-state index in [0.29, 0.717) is 22.2 Å². The van der Waals surface area contributed by atoms with Crippen LogP contribution >= 0.6 is 23.2 Å². The summed E-state index contributed by atoms with van der Waals surface area (Å²) in [5.41, 5.74) is 0.780. The number of fused-ring (bicyclic) bond motifs is 1. The van der Waals surface area contributed by atoms with Crippen molar-refractivity contribution in [3.8, 4) is 5.75 Å². The van der Waals surface area contributed by atoms with Gasteiger partial charge >= 0.3 is 0 Å². The molecule has 1 N–H and O–H groups in total. The molecule has 0 aromatic heterocycles. The average molecular weight is 501 g/mol. The van der Waals surface area contributed by atoms with Crippen LogP contribution in [0.25, 0.3) is 10.8 Å². The van der Waals surface area contributed by atoms with E-state index in [4.69, 9.17) is 27.9 Å². The van der Waals surface area contributed by atoms with Crippen molar-refractivity contribution in [1.82, 2.24) is 10.2 Å². The maximum atomic E-state index is 13.4. The van der Waals surface area contributed by atoms with E-state index in [1.807, 2.05) is 63.2 Å². The normalized spacial score (nSPS) is 12.7. The van der Waals surface area contributed by atoms with Crippen LogP contribution in [-0.4, -0.2) is 35.4 Å². The van der Waals surface area contributed by atoms with Gasteiger partial charge in [-0.1, -0.05) is 79.5 Å². The van der Waals surface area contributed by atoms with Crippen LogP contribution in [0.1, 0.15) is 39.2 Å². The minimum atomic E-state index is -0.646. The van der Waals surface area contributed by atoms with E-state index in [9.17, 15) is 9.59 Å². The number of hydrogen-bond donors (Lipinski definition) is 1. The van der Waals surface area contributed by atoms with Crippen molar-refractivity contribution >= 4 is 45.8 Å². The van der Waals surface area contributed by atoms with Gasteiger partial charge in [0.1, 0.15) is 11.8 Å². The van der Waals surface area contributed by atoms with E-state index in [-0.39, 0.29) is 31.0 Å². The molecule has 0 radical (unpaired) electrons. The Hall–Kier alpha value is -2.76. The number of benzene rings is 3. The van der Waals surface area contributed by atoms with E-state index >= 15 is 0 Å². The van der Waals surface area contributed by atoms with E-state index in [2.05, 4.69) is 5.32 Å². The molecule has 0 aliphatic rings. The lowest BCUT2D eigenvalue weighted by molar-refractivity contribution is -0.143. The molecule has 3 aromatic carbocycles. The van der Waals surface area contributed by atoms with Crippen LogP contribution in [0.3, 0.4) is 0 Å². The Morgan fingerprint density at radius 3 is 2.41 bits per heavy atom. The molecule has 0 bridgehead atoms. The van der Waals surface area contributed by atoms with Crippen molar-refractivity contribution in [2.45, 2.75) is 52.2 Å². The van der Waals surface area contributed by atoms with Gasteiger partial charge in [-0.3, -0.25) is 9.59 Å². The van der Waals surface area contributed by atoms with Crippen LogP contribution in [0.15, 0.2) is 60.7 Å². The van der Waals surface area contributed by atoms with Crippen LogP contribution in [0.2, 0.25) is 10.0 Å². The molecule has 0 aliphatic heterocycles. The van der Waals surface area contributed by atoms with Gasteiger partial charge in [0, 0.05) is 18.0 Å². The molecule has 34 heavy (non-hydrogen) atoms. The molecule has 0 aliphatic carbocycles. The van der Waals surface area contributed by atoms with Gasteiger partial charge in [-0.05, 0) is 48.9 Å². The zero-order valence-electron chi connectivity index (χ0n) is 19.7. The fourth-order valence-corrected chi connectivity index (χ4v) is 4.06. The molecule has 180 valence electrons. The highest BCUT2D eigenvalue weighted by molar-refractivity contribution is 6.42. The summed E-state index contributed by atoms with van der Waals surface area (Å²) in [6, 6.07) is 18.1. The van der Waals surface area contributed by atoms with Gasteiger partial charge in [-0.25, -0.2) is 0 Å². The van der Waals surface area contributed by atoms with Gasteiger partial charge in [-0.15, -0.1) is 0 Å². The van der Waals surface area contributed by atoms with Crippen molar-refractivity contribution in [2.24, 2.45) is 0 Å². The van der Waals surface area contributed by atoms with E-state index in [1.165, 1.54) is 0 Å². The maximum absolute atomic E-state index is 13.4. The average Bonchev–Trinajstić information content (AvgIpc) is 2.84. The Balaban J connectivity index is 1.85. The van der Waals surface area contributed by atoms with Gasteiger partial charge < -0.3 is 15.0 Å². The van der Waals surface area contributed by atoms with Gasteiger partial charge in [0.05, 0.1) is 10.0 Å². The first-order valence-corrected chi connectivity index (χ1v) is 12.2. The predicted molar refractivity (Wildman–Crippen MR) is 138 cm³/mol. The second kappa shape index (κ2) is 12.1. The molecule has 3 aromatic rings. The van der Waals surface area contributed by atoms with Crippen molar-refractivity contribution in [2.75, 3.05) is 6.61 Å². The van der Waals surface area contributed by atoms with Crippen molar-refractivity contribution in [3.63, 3.8) is 0 Å². The topological polar surface area (TPSA) is 58.6 Å². The number of ether oxygens (including phenoxy) is 1. The van der Waals surface area contributed by atoms with Crippen LogP contribution < -0.4 is 10.1 Å². The third kappa shape index (κ3) is 6.43. The van der Waals surface area contributed by atoms with Crippen molar-refractivity contribution in [3.05, 3.63) is 76.3 Å². The van der Waals surface area contributed by atoms with E-state index < -0.39 is 6.04 Å². The highest BCUT2D eigenvalue weighted by Gasteiger charge is 2.29. The summed E-state index contributed by atoms with van der Waals surface area (Å²) in [5.74, 6) is 0.152. The number of carbonyl (C=O) groups is 2. The lowest BCUT2D eigenvalue weighted by Crippen LogP contribution is -2.51. The molecule has 5 nitrogen and oxygen atoms in total. The molecule has 0 unspecified atom stereocenters. The first kappa shape index (κ1) is 25.9. The zero-order chi connectivity index (χ0) is 24.7. The number of amides is 2. The Morgan fingerprint density at radius 2 is 1.71 bits per heavy atom. The molecule has 7 heteroatoms. The minimum absolute atomic E-state index is 0.00964. The number of nitrogens with zero attached hydrogens (tertiary/aromatic N) is 1. The molecule has 2 atom stereocenters. The van der Waals surface area contributed by atoms with Crippen LogP contribution in [-0.2, 0) is 16.1 Å². The molecule has 2 amide bonds. The maximum Gasteiger partial charge on any atom is 0.261 e. The molecule has 0 fully saturated rings. The predicted octanol–water partition coefficient (Wildman–Crippen LogP) is 6.25. The minimum Gasteiger partial charge on any atom is -0.483 e. The number of rotatable bonds is 10. The van der Waals surface area contributed by atoms with E-state index in [0.717, 1.165) is 22.8 Å². The highest BCUT2D eigenvalue weighted by atomic mass is 35.5. The van der Waals surface area contributed by atoms with Gasteiger partial charge in [-0.2, -0.15) is 0 Å². The molecule has 3 rings (SSSR count). The lowest BCUT2D eigenvalue weighted by atomic mass is 10.1. The SMILES string of the molecule is CC[C@@H](C)NC(=O)[C@H](CC)N(Cc1ccc(Cl)c(Cl)c1)C(=O)COc1cccc2ccccc12. The fraction of sp³-hybridized carbons (Fsp3) is 0.333. The largest absolute Gasteiger partial charge is 0.483 e. The Bertz CT molecular complexity index is 1150. The lowest BCUT2D eigenvalue weighted by Gasteiger charge is -2.31. The first-order chi connectivity index (χ1) is 16.3. The van der Waals surface area contributed by atoms with Crippen molar-refractivity contribution < 1.29 is 14.3 Å². The number of halogens is 2. The number of carbonyl (C=O) groups excluding carboxylic acids is 2. The Labute approximate surface area is 211 Å². The summed E-state index contributed by atoms with van der Waals surface area (Å²) >= 11 is 12.3. The van der Waals surface area contributed by atoms with Gasteiger partial charge in [0.2, 0.25) is 5.91 Å². The summed E-state index contributed by atoms with van der Waals surface area (Å²) < 4.78 is 5.95. The second-order valence-electron chi connectivity index (χ2n) is 8.28. The van der Waals surface area contributed by atoms with Crippen molar-refractivity contribution in [1.29, 1.82) is 0 Å². The number of hydrogen-bond acceptors (Lipinski definition) is 3. The Kier molecular flexibility index (Phi) is 9.20. The fourth-order valence-electron chi connectivity index (χ4n) is 3.74. The van der Waals surface area contributed by atoms with Crippen LogP contribution in [0, 0.1) is 0 Å². The smallest absolute Gasteiger partial charge is 0.261 e. The standard InChI is InChI=1S/C27H30Cl2N2O3/c1-4-18(3)30-27(33)24(5-2)31(16-19-13-14-22(28)23(29)15-19)26(32)17-34-25-12-8-10-20-9-6-7-11-21(20)25/h6-15,18,24H,4-5,16-17H2,1-3H3,(H,30,33)/t18-,24+/m1/s1. The molecule has 0 saturated heterocycles. The third-order valence-corrected chi connectivity index (χ3v) is 6.56. The van der Waals surface area contributed by atoms with Gasteiger partial charge in [0.15, 0.2) is 6.61 Å². The van der Waals surface area contributed by atoms with Crippen LogP contribution in [0.5, 0.6) is 5.75 Å². The van der Waals surface area contributed by atoms with Gasteiger partial charge in [0.25, 0.3) is 5.91 Å². The Morgan fingerprint density at radius 1 is 0.971 bits per heavy atom. The second-order valence-corrected chi connectivity index (χ2v) is 9.09. The summed E-state index contributed by atoms with van der Waals surface area (Å²) in [5, 5.41) is 5.79. The summed E-state index contributed by atoms with van der Waals surface area (Å²) in [6.45, 7) is 5.85. The monoisotopic (exact) mass is 500 g/mol. The first-order valence-electron chi connectivity index (χ1n) is 11.5.